The first-order valence-corrected chi connectivity index (χ1v) is 10.0. The van der Waals surface area contributed by atoms with Gasteiger partial charge in [-0.25, -0.2) is 9.97 Å². The first-order chi connectivity index (χ1) is 12.9. The average Bonchev–Trinajstić information content (AvgIpc) is 3.05. The lowest BCUT2D eigenvalue weighted by Gasteiger charge is -2.36. The normalized spacial score (nSPS) is 16.1. The molecule has 3 heterocycles. The van der Waals surface area contributed by atoms with Gasteiger partial charge in [-0.15, -0.1) is 11.3 Å². The predicted molar refractivity (Wildman–Crippen MR) is 114 cm³/mol. The van der Waals surface area contributed by atoms with Crippen molar-refractivity contribution < 1.29 is 0 Å². The summed E-state index contributed by atoms with van der Waals surface area (Å²) in [6.07, 6.45) is 3.43. The Morgan fingerprint density at radius 1 is 1.19 bits per heavy atom. The standard InChI is InChI=1S/C21H25N5S/c1-21(2,3)18-9-17-19(22-13-23-20(17)27-18)25-24-10-14-5-7-15(8-6-14)16-11-26(4)12-16/h5-10,13,16H,11-12H2,1-4H3,(H,22,23,25). The van der Waals surface area contributed by atoms with E-state index in [1.54, 1.807) is 17.7 Å². The zero-order valence-corrected chi connectivity index (χ0v) is 17.0. The van der Waals surface area contributed by atoms with Gasteiger partial charge in [0, 0.05) is 23.9 Å². The van der Waals surface area contributed by atoms with Crippen molar-refractivity contribution in [3.8, 4) is 0 Å². The number of nitrogens with one attached hydrogen (secondary N) is 1. The summed E-state index contributed by atoms with van der Waals surface area (Å²) in [5.41, 5.74) is 5.67. The third kappa shape index (κ3) is 3.87. The summed E-state index contributed by atoms with van der Waals surface area (Å²) in [5.74, 6) is 1.42. The molecule has 0 saturated carbocycles. The third-order valence-corrected chi connectivity index (χ3v) is 6.39. The quantitative estimate of drug-likeness (QED) is 0.537. The summed E-state index contributed by atoms with van der Waals surface area (Å²) in [7, 11) is 2.16. The summed E-state index contributed by atoms with van der Waals surface area (Å²) < 4.78 is 0. The van der Waals surface area contributed by atoms with Crippen LogP contribution in [-0.4, -0.2) is 41.2 Å². The van der Waals surface area contributed by atoms with Gasteiger partial charge < -0.3 is 4.90 Å². The van der Waals surface area contributed by atoms with Crippen LogP contribution in [0.25, 0.3) is 10.2 Å². The van der Waals surface area contributed by atoms with E-state index in [0.29, 0.717) is 5.92 Å². The number of hydrogen-bond donors (Lipinski definition) is 1. The Labute approximate surface area is 164 Å². The Morgan fingerprint density at radius 3 is 2.59 bits per heavy atom. The fraction of sp³-hybridized carbons (Fsp3) is 0.381. The summed E-state index contributed by atoms with van der Waals surface area (Å²) >= 11 is 1.71. The molecule has 5 nitrogen and oxygen atoms in total. The molecule has 1 aliphatic rings. The monoisotopic (exact) mass is 379 g/mol. The van der Waals surface area contributed by atoms with Gasteiger partial charge >= 0.3 is 0 Å². The van der Waals surface area contributed by atoms with Crippen LogP contribution in [0.2, 0.25) is 0 Å². The highest BCUT2D eigenvalue weighted by Crippen LogP contribution is 2.35. The molecule has 1 N–H and O–H groups in total. The maximum atomic E-state index is 4.40. The molecule has 0 unspecified atom stereocenters. The van der Waals surface area contributed by atoms with Gasteiger partial charge in [-0.1, -0.05) is 45.0 Å². The molecule has 0 amide bonds. The van der Waals surface area contributed by atoms with Crippen molar-refractivity contribution in [3.05, 3.63) is 52.7 Å². The molecule has 0 spiro atoms. The molecule has 3 aromatic rings. The lowest BCUT2D eigenvalue weighted by atomic mass is 9.92. The molecule has 27 heavy (non-hydrogen) atoms. The van der Waals surface area contributed by atoms with Crippen LogP contribution in [-0.2, 0) is 5.41 Å². The van der Waals surface area contributed by atoms with E-state index in [4.69, 9.17) is 0 Å². The fourth-order valence-corrected chi connectivity index (χ4v) is 4.30. The maximum Gasteiger partial charge on any atom is 0.158 e. The van der Waals surface area contributed by atoms with Crippen LogP contribution >= 0.6 is 11.3 Å². The summed E-state index contributed by atoms with van der Waals surface area (Å²) in [5, 5.41) is 5.41. The minimum absolute atomic E-state index is 0.100. The molecule has 1 aromatic carbocycles. The van der Waals surface area contributed by atoms with Crippen molar-refractivity contribution in [3.63, 3.8) is 0 Å². The molecular formula is C21H25N5S. The van der Waals surface area contributed by atoms with Gasteiger partial charge in [0.2, 0.25) is 0 Å². The van der Waals surface area contributed by atoms with Crippen molar-refractivity contribution in [2.75, 3.05) is 25.6 Å². The summed E-state index contributed by atoms with van der Waals surface area (Å²) in [4.78, 5) is 13.4. The minimum atomic E-state index is 0.100. The Kier molecular flexibility index (Phi) is 4.70. The Bertz CT molecular complexity index is 962. The third-order valence-electron chi connectivity index (χ3n) is 4.92. The molecule has 2 aromatic heterocycles. The first-order valence-electron chi connectivity index (χ1n) is 9.23. The molecule has 1 fully saturated rings. The number of hydrazone groups is 1. The Hall–Kier alpha value is -2.31. The Balaban J connectivity index is 1.47. The van der Waals surface area contributed by atoms with Crippen LogP contribution in [0.5, 0.6) is 0 Å². The largest absolute Gasteiger partial charge is 0.305 e. The van der Waals surface area contributed by atoms with E-state index >= 15 is 0 Å². The van der Waals surface area contributed by atoms with E-state index in [1.807, 2.05) is 6.21 Å². The van der Waals surface area contributed by atoms with Crippen LogP contribution in [0.3, 0.4) is 0 Å². The highest BCUT2D eigenvalue weighted by molar-refractivity contribution is 7.18. The molecule has 0 radical (unpaired) electrons. The van der Waals surface area contributed by atoms with Crippen molar-refractivity contribution in [2.45, 2.75) is 32.1 Å². The van der Waals surface area contributed by atoms with Gasteiger partial charge in [0.25, 0.3) is 0 Å². The number of aromatic nitrogens is 2. The Morgan fingerprint density at radius 2 is 1.93 bits per heavy atom. The number of nitrogens with zero attached hydrogens (tertiary/aromatic N) is 4. The van der Waals surface area contributed by atoms with Gasteiger partial charge in [-0.05, 0) is 29.7 Å². The molecule has 1 saturated heterocycles. The van der Waals surface area contributed by atoms with Crippen molar-refractivity contribution in [1.29, 1.82) is 0 Å². The molecule has 140 valence electrons. The molecule has 4 rings (SSSR count). The topological polar surface area (TPSA) is 53.4 Å². The highest BCUT2D eigenvalue weighted by Gasteiger charge is 2.24. The van der Waals surface area contributed by atoms with Gasteiger partial charge in [0.05, 0.1) is 11.6 Å². The van der Waals surface area contributed by atoms with E-state index in [1.165, 1.54) is 10.4 Å². The number of thiophene rings is 1. The van der Waals surface area contributed by atoms with E-state index in [-0.39, 0.29) is 5.41 Å². The number of benzene rings is 1. The van der Waals surface area contributed by atoms with Crippen LogP contribution in [0.1, 0.15) is 42.7 Å². The van der Waals surface area contributed by atoms with Gasteiger partial charge in [-0.2, -0.15) is 5.10 Å². The van der Waals surface area contributed by atoms with Crippen molar-refractivity contribution >= 4 is 33.6 Å². The maximum absolute atomic E-state index is 4.40. The molecule has 0 bridgehead atoms. The fourth-order valence-electron chi connectivity index (χ4n) is 3.25. The van der Waals surface area contributed by atoms with Gasteiger partial charge in [-0.3, -0.25) is 5.43 Å². The zero-order valence-electron chi connectivity index (χ0n) is 16.2. The molecular weight excluding hydrogens is 354 g/mol. The molecule has 0 aliphatic carbocycles. The van der Waals surface area contributed by atoms with Crippen LogP contribution in [0.15, 0.2) is 41.8 Å². The van der Waals surface area contributed by atoms with Gasteiger partial charge in [0.15, 0.2) is 5.82 Å². The SMILES string of the molecule is CN1CC(c2ccc(C=NNc3ncnc4sc(C(C)(C)C)cc34)cc2)C1. The van der Waals surface area contributed by atoms with E-state index in [2.05, 4.69) is 83.5 Å². The number of likely N-dealkylation sites (tertiary alicyclic amines) is 1. The highest BCUT2D eigenvalue weighted by atomic mass is 32.1. The first kappa shape index (κ1) is 18.1. The second kappa shape index (κ2) is 7.02. The zero-order chi connectivity index (χ0) is 19.0. The lowest BCUT2D eigenvalue weighted by Crippen LogP contribution is -2.41. The second-order valence-electron chi connectivity index (χ2n) is 8.26. The van der Waals surface area contributed by atoms with E-state index in [9.17, 15) is 0 Å². The van der Waals surface area contributed by atoms with Crippen molar-refractivity contribution in [2.24, 2.45) is 5.10 Å². The van der Waals surface area contributed by atoms with Crippen LogP contribution < -0.4 is 5.43 Å². The van der Waals surface area contributed by atoms with Crippen LogP contribution in [0.4, 0.5) is 5.82 Å². The predicted octanol–water partition coefficient (Wildman–Crippen LogP) is 4.46. The summed E-state index contributed by atoms with van der Waals surface area (Å²) in [6.45, 7) is 8.93. The van der Waals surface area contributed by atoms with Gasteiger partial charge in [0.1, 0.15) is 11.2 Å². The molecule has 6 heteroatoms. The molecule has 1 aliphatic heterocycles. The van der Waals surface area contributed by atoms with Crippen LogP contribution in [0, 0.1) is 0 Å². The van der Waals surface area contributed by atoms with Crippen molar-refractivity contribution in [1.82, 2.24) is 14.9 Å². The van der Waals surface area contributed by atoms with E-state index < -0.39 is 0 Å². The number of anilines is 1. The number of hydrogen-bond acceptors (Lipinski definition) is 6. The summed E-state index contributed by atoms with van der Waals surface area (Å²) in [6, 6.07) is 10.8. The van der Waals surface area contributed by atoms with E-state index in [0.717, 1.165) is 34.7 Å². The second-order valence-corrected chi connectivity index (χ2v) is 9.29. The number of rotatable bonds is 4. The number of fused-ring (bicyclic) bond motifs is 1. The average molecular weight is 380 g/mol. The number of likely N-dealkylation sites (N-methyl/N-ethyl adjacent to an activating group) is 1. The lowest BCUT2D eigenvalue weighted by molar-refractivity contribution is 0.190. The minimum Gasteiger partial charge on any atom is -0.305 e. The smallest absolute Gasteiger partial charge is 0.158 e. The molecule has 0 atom stereocenters.